The Morgan fingerprint density at radius 3 is 3.07 bits per heavy atom. The zero-order chi connectivity index (χ0) is 10.5. The van der Waals surface area contributed by atoms with E-state index in [1.54, 1.807) is 11.3 Å². The molecule has 0 fully saturated rings. The zero-order valence-electron chi connectivity index (χ0n) is 8.14. The standard InChI is InChI=1S/C9H12N4OS/c10-5-8-12-13-9(14-8)11-3-1-7-2-4-15-6-7/h2,4,6H,1,3,5,10H2,(H,11,13). The number of thiophene rings is 1. The van der Waals surface area contributed by atoms with Gasteiger partial charge < -0.3 is 15.5 Å². The minimum atomic E-state index is 0.277. The van der Waals surface area contributed by atoms with Crippen molar-refractivity contribution in [1.82, 2.24) is 10.2 Å². The van der Waals surface area contributed by atoms with E-state index in [0.29, 0.717) is 11.9 Å². The summed E-state index contributed by atoms with van der Waals surface area (Å²) in [5.41, 5.74) is 6.66. The molecule has 0 aliphatic rings. The smallest absolute Gasteiger partial charge is 0.315 e. The van der Waals surface area contributed by atoms with Crippen molar-refractivity contribution in [3.63, 3.8) is 0 Å². The van der Waals surface area contributed by atoms with Gasteiger partial charge in [0.05, 0.1) is 6.54 Å². The van der Waals surface area contributed by atoms with E-state index in [-0.39, 0.29) is 6.54 Å². The van der Waals surface area contributed by atoms with Crippen molar-refractivity contribution in [1.29, 1.82) is 0 Å². The molecule has 0 saturated carbocycles. The molecule has 0 radical (unpaired) electrons. The van der Waals surface area contributed by atoms with Gasteiger partial charge in [0.25, 0.3) is 0 Å². The maximum atomic E-state index is 5.35. The highest BCUT2D eigenvalue weighted by Gasteiger charge is 2.02. The van der Waals surface area contributed by atoms with E-state index in [9.17, 15) is 0 Å². The van der Waals surface area contributed by atoms with Gasteiger partial charge in [-0.1, -0.05) is 5.10 Å². The van der Waals surface area contributed by atoms with E-state index in [0.717, 1.165) is 13.0 Å². The second kappa shape index (κ2) is 4.90. The minimum absolute atomic E-state index is 0.277. The normalized spacial score (nSPS) is 10.5. The molecule has 0 amide bonds. The number of hydrogen-bond donors (Lipinski definition) is 2. The van der Waals surface area contributed by atoms with Crippen molar-refractivity contribution in [3.8, 4) is 0 Å². The molecule has 2 heterocycles. The highest BCUT2D eigenvalue weighted by atomic mass is 32.1. The molecule has 5 nitrogen and oxygen atoms in total. The first-order valence-corrected chi connectivity index (χ1v) is 5.60. The lowest BCUT2D eigenvalue weighted by Crippen LogP contribution is -2.04. The van der Waals surface area contributed by atoms with Crippen LogP contribution in [0.1, 0.15) is 11.5 Å². The molecule has 3 N–H and O–H groups in total. The summed E-state index contributed by atoms with van der Waals surface area (Å²) in [4.78, 5) is 0. The van der Waals surface area contributed by atoms with Crippen LogP contribution in [0.5, 0.6) is 0 Å². The quantitative estimate of drug-likeness (QED) is 0.799. The second-order valence-corrected chi connectivity index (χ2v) is 3.79. The lowest BCUT2D eigenvalue weighted by Gasteiger charge is -1.98. The summed E-state index contributed by atoms with van der Waals surface area (Å²) in [6, 6.07) is 2.54. The first kappa shape index (κ1) is 10.1. The topological polar surface area (TPSA) is 77.0 Å². The molecule has 0 atom stereocenters. The zero-order valence-corrected chi connectivity index (χ0v) is 8.96. The molecule has 2 rings (SSSR count). The van der Waals surface area contributed by atoms with Crippen LogP contribution in [-0.4, -0.2) is 16.7 Å². The lowest BCUT2D eigenvalue weighted by molar-refractivity contribution is 0.507. The third-order valence-corrected chi connectivity index (χ3v) is 2.64. The molecule has 0 aromatic carbocycles. The molecule has 2 aromatic rings. The highest BCUT2D eigenvalue weighted by Crippen LogP contribution is 2.08. The number of anilines is 1. The maximum absolute atomic E-state index is 5.35. The summed E-state index contributed by atoms with van der Waals surface area (Å²) < 4.78 is 5.20. The molecule has 0 unspecified atom stereocenters. The molecular weight excluding hydrogens is 212 g/mol. The summed E-state index contributed by atoms with van der Waals surface area (Å²) in [5.74, 6) is 0.452. The van der Waals surface area contributed by atoms with Crippen LogP contribution in [0.2, 0.25) is 0 Å². The Morgan fingerprint density at radius 1 is 1.47 bits per heavy atom. The molecular formula is C9H12N4OS. The van der Waals surface area contributed by atoms with Crippen LogP contribution in [0.3, 0.4) is 0 Å². The fourth-order valence-electron chi connectivity index (χ4n) is 1.16. The van der Waals surface area contributed by atoms with Gasteiger partial charge in [-0.25, -0.2) is 0 Å². The Balaban J connectivity index is 1.78. The summed E-state index contributed by atoms with van der Waals surface area (Å²) in [7, 11) is 0. The Morgan fingerprint density at radius 2 is 2.40 bits per heavy atom. The van der Waals surface area contributed by atoms with Gasteiger partial charge >= 0.3 is 6.01 Å². The monoisotopic (exact) mass is 224 g/mol. The van der Waals surface area contributed by atoms with E-state index < -0.39 is 0 Å². The number of rotatable bonds is 5. The van der Waals surface area contributed by atoms with E-state index in [4.69, 9.17) is 10.2 Å². The fourth-order valence-corrected chi connectivity index (χ4v) is 1.86. The van der Waals surface area contributed by atoms with Crippen molar-refractivity contribution in [2.75, 3.05) is 11.9 Å². The summed E-state index contributed by atoms with van der Waals surface area (Å²) in [6.45, 7) is 1.06. The van der Waals surface area contributed by atoms with Crippen molar-refractivity contribution in [2.45, 2.75) is 13.0 Å². The van der Waals surface area contributed by atoms with Crippen molar-refractivity contribution in [3.05, 3.63) is 28.3 Å². The van der Waals surface area contributed by atoms with Crippen molar-refractivity contribution in [2.24, 2.45) is 5.73 Å². The summed E-state index contributed by atoms with van der Waals surface area (Å²) >= 11 is 1.70. The predicted octanol–water partition coefficient (Wildman–Crippen LogP) is 1.24. The third kappa shape index (κ3) is 2.77. The predicted molar refractivity (Wildman–Crippen MR) is 58.7 cm³/mol. The lowest BCUT2D eigenvalue weighted by atomic mass is 10.2. The minimum Gasteiger partial charge on any atom is -0.407 e. The van der Waals surface area contributed by atoms with Gasteiger partial charge in [0, 0.05) is 6.54 Å². The molecule has 0 saturated heterocycles. The van der Waals surface area contributed by atoms with Crippen LogP contribution < -0.4 is 11.1 Å². The molecule has 0 spiro atoms. The van der Waals surface area contributed by atoms with E-state index >= 15 is 0 Å². The molecule has 0 bridgehead atoms. The first-order valence-electron chi connectivity index (χ1n) is 4.66. The van der Waals surface area contributed by atoms with E-state index in [1.165, 1.54) is 5.56 Å². The van der Waals surface area contributed by atoms with Gasteiger partial charge in [0.15, 0.2) is 0 Å². The highest BCUT2D eigenvalue weighted by molar-refractivity contribution is 7.07. The van der Waals surface area contributed by atoms with Crippen molar-refractivity contribution >= 4 is 17.4 Å². The molecule has 6 heteroatoms. The number of nitrogens with one attached hydrogen (secondary N) is 1. The van der Waals surface area contributed by atoms with Gasteiger partial charge in [0.2, 0.25) is 5.89 Å². The Kier molecular flexibility index (Phi) is 3.31. The molecule has 2 aromatic heterocycles. The van der Waals surface area contributed by atoms with Crippen LogP contribution in [-0.2, 0) is 13.0 Å². The average molecular weight is 224 g/mol. The van der Waals surface area contributed by atoms with Crippen LogP contribution >= 0.6 is 11.3 Å². The third-order valence-electron chi connectivity index (χ3n) is 1.91. The maximum Gasteiger partial charge on any atom is 0.315 e. The fraction of sp³-hybridized carbons (Fsp3) is 0.333. The Bertz CT molecular complexity index is 398. The molecule has 0 aliphatic carbocycles. The van der Waals surface area contributed by atoms with Crippen LogP contribution in [0, 0.1) is 0 Å². The van der Waals surface area contributed by atoms with Crippen molar-refractivity contribution < 1.29 is 4.42 Å². The van der Waals surface area contributed by atoms with Crippen LogP contribution in [0.25, 0.3) is 0 Å². The average Bonchev–Trinajstić information content (AvgIpc) is 2.88. The first-order chi connectivity index (χ1) is 7.38. The Labute approximate surface area is 91.3 Å². The number of nitrogens with zero attached hydrogens (tertiary/aromatic N) is 2. The van der Waals surface area contributed by atoms with E-state index in [2.05, 4.69) is 32.3 Å². The van der Waals surface area contributed by atoms with E-state index in [1.807, 2.05) is 0 Å². The number of hydrogen-bond acceptors (Lipinski definition) is 6. The van der Waals surface area contributed by atoms with Gasteiger partial charge in [-0.15, -0.1) is 5.10 Å². The summed E-state index contributed by atoms with van der Waals surface area (Å²) in [5, 5.41) is 14.8. The van der Waals surface area contributed by atoms with Crippen LogP contribution in [0.15, 0.2) is 21.2 Å². The number of nitrogens with two attached hydrogens (primary N) is 1. The largest absolute Gasteiger partial charge is 0.407 e. The Hall–Kier alpha value is -1.40. The van der Waals surface area contributed by atoms with Gasteiger partial charge in [-0.2, -0.15) is 11.3 Å². The molecule has 80 valence electrons. The molecule has 15 heavy (non-hydrogen) atoms. The second-order valence-electron chi connectivity index (χ2n) is 3.01. The summed E-state index contributed by atoms with van der Waals surface area (Å²) in [6.07, 6.45) is 0.948. The van der Waals surface area contributed by atoms with Crippen LogP contribution in [0.4, 0.5) is 6.01 Å². The molecule has 0 aliphatic heterocycles. The van der Waals surface area contributed by atoms with Gasteiger partial charge in [-0.3, -0.25) is 0 Å². The van der Waals surface area contributed by atoms with Gasteiger partial charge in [-0.05, 0) is 28.8 Å². The SMILES string of the molecule is NCc1nnc(NCCc2ccsc2)o1. The van der Waals surface area contributed by atoms with Gasteiger partial charge in [0.1, 0.15) is 0 Å². The number of aromatic nitrogens is 2.